The Morgan fingerprint density at radius 3 is 0.654 bits per heavy atom. The molecule has 0 nitrogen and oxygen atoms in total. The predicted octanol–water partition coefficient (Wildman–Crippen LogP) is 36.7. The van der Waals surface area contributed by atoms with E-state index >= 15 is 0 Å². The molecular formula is C130H84. The fourth-order valence-corrected chi connectivity index (χ4v) is 15.6. The molecule has 0 spiro atoms. The highest BCUT2D eigenvalue weighted by Crippen LogP contribution is 2.53. The second-order valence-corrected chi connectivity index (χ2v) is 27.8. The van der Waals surface area contributed by atoms with Gasteiger partial charge in [0.15, 0.2) is 0 Å². The van der Waals surface area contributed by atoms with Crippen LogP contribution < -0.4 is 0 Å². The van der Waals surface area contributed by atoms with Gasteiger partial charge in [-0.25, -0.2) is 0 Å². The standard InChI is InChI=1S/C46H30.C44H28.C40H26/c1-2-15-32(16-3-1)35-18-6-7-19-39(35)45-41-20-8-10-22-43(41)46(44-23-11-9-21-42(44)45)40-27-13-25-37-36(24-12-26-38(37)40)34-29-28-31-14-4-5-17-33(31)30-34;1-2-14-31-28-32(27-26-29(31)12-1)34-21-10-23-36-35(34)22-11-25-38(36)44-41-19-7-5-17-39(41)43(40-18-6-8-20-42(40)44)37-24-9-15-30-13-3-4-16-33(30)37;1-2-14-28(15-3-1)39-35-18-6-8-20-37(35)40(38-21-9-7-19-36(38)39)34-26-12-24-32-31(23-11-25-33(32)34)30-22-10-16-27-13-4-5-17-29(27)30/h1-30H;1-28H;1-26H/i1D,2D,3D,4D,5D,6D,7D,8D,9D,10D,11D,12D,13D,14D,15D,16D,17D,18D,19D,20D,21D,22D,23D,24D,25D,26D,27D,28D,29D,30D;1D,2D,3D,4D,5D,6D,7D,8D,9D,10D,11D,12D,13D,14D,15D,16D,17D,18D,19D,20D,21D,22D,23D,24D,25D,26D,27D,28D;1D,2D,3D,4D,5D,6D,7D,8D,9D,10D,11D,12D,13D,14D,15D,16D,17D,18D,19D,20D,21D,22D,23D,24D,25D,26D. The second kappa shape index (κ2) is 32.9. The van der Waals surface area contributed by atoms with E-state index in [0.717, 1.165) is 0 Å². The average molecular weight is 1730 g/mol. The Labute approximate surface area is 873 Å². The molecule has 0 saturated heterocycles. The maximum atomic E-state index is 9.58. The van der Waals surface area contributed by atoms with Gasteiger partial charge in [0.05, 0.1) is 115 Å². The first-order valence-electron chi connectivity index (χ1n) is 80.2. The molecule has 0 aromatic heterocycles. The van der Waals surface area contributed by atoms with Gasteiger partial charge in [0, 0.05) is 0 Å². The van der Waals surface area contributed by atoms with Gasteiger partial charge in [-0.15, -0.1) is 0 Å². The molecule has 0 aliphatic rings. The highest BCUT2D eigenvalue weighted by molar-refractivity contribution is 6.29. The molecule has 0 aliphatic carbocycles. The Morgan fingerprint density at radius 1 is 0.0923 bits per heavy atom. The van der Waals surface area contributed by atoms with Gasteiger partial charge >= 0.3 is 0 Å². The van der Waals surface area contributed by atoms with Crippen molar-refractivity contribution in [1.29, 1.82) is 0 Å². The summed E-state index contributed by atoms with van der Waals surface area (Å²) in [5, 5.41) is -19.1. The van der Waals surface area contributed by atoms with E-state index in [1.807, 2.05) is 0 Å². The highest BCUT2D eigenvalue weighted by atomic mass is 14.3. The molecule has 0 amide bonds. The van der Waals surface area contributed by atoms with Gasteiger partial charge in [0.1, 0.15) is 0 Å². The van der Waals surface area contributed by atoms with Crippen molar-refractivity contribution in [2.75, 3.05) is 0 Å². The van der Waals surface area contributed by atoms with Crippen LogP contribution in [0.25, 0.3) is 251 Å². The number of hydrogen-bond acceptors (Lipinski definition) is 0. The number of rotatable bonds is 10. The van der Waals surface area contributed by atoms with Crippen molar-refractivity contribution in [1.82, 2.24) is 0 Å². The Morgan fingerprint density at radius 2 is 0.292 bits per heavy atom. The first-order chi connectivity index (χ1) is 99.5. The van der Waals surface area contributed by atoms with E-state index in [2.05, 4.69) is 0 Å². The lowest BCUT2D eigenvalue weighted by Gasteiger charge is -2.20. The van der Waals surface area contributed by atoms with Crippen LogP contribution in [0.2, 0.25) is 0 Å². The average Bonchev–Trinajstić information content (AvgIpc) is 0.680. The third-order valence-electron chi connectivity index (χ3n) is 20.9. The quantitative estimate of drug-likeness (QED) is 0.120. The fraction of sp³-hybridized carbons (Fsp3) is 0. The van der Waals surface area contributed by atoms with Gasteiger partial charge in [0.2, 0.25) is 0 Å². The largest absolute Gasteiger partial charge is 0.0636 e. The summed E-state index contributed by atoms with van der Waals surface area (Å²) >= 11 is 0. The third-order valence-corrected chi connectivity index (χ3v) is 20.9. The van der Waals surface area contributed by atoms with Crippen LogP contribution in [0.5, 0.6) is 0 Å². The van der Waals surface area contributed by atoms with Gasteiger partial charge in [-0.3, -0.25) is 0 Å². The van der Waals surface area contributed by atoms with Crippen LogP contribution in [0.1, 0.15) is 115 Å². The van der Waals surface area contributed by atoms with Gasteiger partial charge in [0.25, 0.3) is 0 Å². The zero-order valence-electron chi connectivity index (χ0n) is 149. The molecule has 26 aromatic rings. The molecule has 0 N–H and O–H groups in total. The van der Waals surface area contributed by atoms with E-state index in [0.29, 0.717) is 0 Å². The maximum absolute atomic E-state index is 9.58. The summed E-state index contributed by atoms with van der Waals surface area (Å²) in [4.78, 5) is 0. The van der Waals surface area contributed by atoms with Crippen LogP contribution in [0.3, 0.4) is 0 Å². The summed E-state index contributed by atoms with van der Waals surface area (Å²) in [5.74, 6) is 0. The van der Waals surface area contributed by atoms with Gasteiger partial charge < -0.3 is 0 Å². The molecule has 26 aromatic carbocycles. The van der Waals surface area contributed by atoms with Crippen LogP contribution in [-0.2, 0) is 0 Å². The normalized spacial score (nSPS) is 20.6. The van der Waals surface area contributed by atoms with Crippen molar-refractivity contribution < 1.29 is 115 Å². The molecule has 0 radical (unpaired) electrons. The van der Waals surface area contributed by atoms with Crippen molar-refractivity contribution in [3.05, 3.63) is 508 Å². The Balaban J connectivity index is 0.000000158. The molecule has 0 aliphatic heterocycles. The molecule has 0 heterocycles. The van der Waals surface area contributed by atoms with Gasteiger partial charge in [-0.1, -0.05) is 495 Å². The molecule has 0 saturated carbocycles. The van der Waals surface area contributed by atoms with Crippen molar-refractivity contribution in [2.24, 2.45) is 0 Å². The summed E-state index contributed by atoms with van der Waals surface area (Å²) in [5.41, 5.74) is -16.0. The predicted molar refractivity (Wildman–Crippen MR) is 561 cm³/mol. The SMILES string of the molecule is [2H]c1c([2H])c([2H])c(-c2c([2H])c([2H])c([2H])c([2H])c2-c2c3c([2H])c([2H])c([2H])c([2H])c3c(-c3c([2H])c([2H])c([2H])c4c(-c5c([2H])c([2H])c6c([2H])c([2H])c([2H])c([2H])c6c5[2H])c([2H])c([2H])c([2H])c34)c3c([2H])c([2H])c([2H])c([2H])c23)c([2H])c1[2H].[2H]c1c([2H])c([2H])c(-c2c3c([2H])c([2H])c([2H])c([2H])c3c(-c3c([2H])c([2H])c([2H])c4c(-c5c([2H])c([2H])c([2H])c6c([2H])c([2H])c([2H])c([2H])c56)c([2H])c([2H])c([2H])c34)c3c([2H])c([2H])c([2H])c([2H])c23)c([2H])c1[2H].[2H]c1c([2H])c([2H])c2c([2H])c(-c3c([2H])c([2H])c([2H])c4c(-c5c6c([2H])c([2H])c([2H])c([2H])c6c(-c6c([2H])c([2H])c([2H])c7c([2H])c([2H])c([2H])c([2H])c67)c6c([2H])c([2H])c([2H])c([2H])c56)c([2H])c([2H])c([2H])c34)c([2H])c([2H])c2c1[2H]. The van der Waals surface area contributed by atoms with E-state index in [4.69, 9.17) is 71.3 Å². The zero-order valence-corrected chi connectivity index (χ0v) is 65.0. The van der Waals surface area contributed by atoms with E-state index < -0.39 is 759 Å². The van der Waals surface area contributed by atoms with Crippen molar-refractivity contribution >= 4 is 140 Å². The van der Waals surface area contributed by atoms with E-state index in [9.17, 15) is 43.9 Å². The first-order valence-corrected chi connectivity index (χ1v) is 38.2. The Hall–Kier alpha value is -16.9. The van der Waals surface area contributed by atoms with Crippen molar-refractivity contribution in [3.63, 3.8) is 0 Å². The minimum absolute atomic E-state index is 0.574. The van der Waals surface area contributed by atoms with Gasteiger partial charge in [-0.05, 0) is 263 Å². The number of benzene rings is 26. The summed E-state index contributed by atoms with van der Waals surface area (Å²) in [7, 11) is 0. The zero-order chi connectivity index (χ0) is 159. The Kier molecular flexibility index (Phi) is 7.42. The molecule has 130 heavy (non-hydrogen) atoms. The lowest BCUT2D eigenvalue weighted by atomic mass is 9.82. The molecular weight excluding hydrogens is 1560 g/mol. The molecule has 0 heteroatoms. The lowest BCUT2D eigenvalue weighted by molar-refractivity contribution is 1.61. The van der Waals surface area contributed by atoms with Crippen LogP contribution in [0, 0.1) is 0 Å². The van der Waals surface area contributed by atoms with E-state index in [1.165, 1.54) is 0 Å². The summed E-state index contributed by atoms with van der Waals surface area (Å²) in [6.45, 7) is 0. The van der Waals surface area contributed by atoms with Crippen molar-refractivity contribution in [2.45, 2.75) is 0 Å². The minimum atomic E-state index is -1.13. The first kappa shape index (κ1) is 29.3. The number of fused-ring (bicyclic) bond motifs is 13. The fourth-order valence-electron chi connectivity index (χ4n) is 15.6. The smallest absolute Gasteiger partial charge is 0.0622 e. The molecule has 26 rings (SSSR count). The monoisotopic (exact) mass is 1730 g/mol. The molecule has 0 fully saturated rings. The van der Waals surface area contributed by atoms with Crippen LogP contribution in [-0.4, -0.2) is 0 Å². The minimum Gasteiger partial charge on any atom is -0.0622 e. The lowest BCUT2D eigenvalue weighted by Crippen LogP contribution is -1.93. The van der Waals surface area contributed by atoms with Gasteiger partial charge in [-0.2, -0.15) is 0 Å². The topological polar surface area (TPSA) is 0 Å². The molecule has 0 atom stereocenters. The maximum Gasteiger partial charge on any atom is 0.0636 e. The van der Waals surface area contributed by atoms with Crippen LogP contribution in [0.4, 0.5) is 0 Å². The summed E-state index contributed by atoms with van der Waals surface area (Å²) < 4.78 is 754. The third kappa shape index (κ3) is 13.3. The molecule has 0 bridgehead atoms. The highest BCUT2D eigenvalue weighted by Gasteiger charge is 2.25. The Bertz CT molecular complexity index is 14200. The summed E-state index contributed by atoms with van der Waals surface area (Å²) in [6, 6.07) is -82.3. The van der Waals surface area contributed by atoms with Crippen molar-refractivity contribution in [3.8, 4) is 111 Å². The second-order valence-electron chi connectivity index (χ2n) is 27.8. The number of hydrogen-bond donors (Lipinski definition) is 0. The summed E-state index contributed by atoms with van der Waals surface area (Å²) in [6.07, 6.45) is 0. The van der Waals surface area contributed by atoms with Crippen LogP contribution >= 0.6 is 0 Å². The van der Waals surface area contributed by atoms with Crippen LogP contribution in [0.15, 0.2) is 508 Å². The van der Waals surface area contributed by atoms with E-state index in [1.54, 1.807) is 0 Å². The molecule has 0 unspecified atom stereocenters. The molecule has 604 valence electrons. The van der Waals surface area contributed by atoms with E-state index in [-0.39, 0.29) is 0 Å².